The lowest BCUT2D eigenvalue weighted by molar-refractivity contribution is -0.384. The largest absolute Gasteiger partial charge is 0.380 e. The fourth-order valence-electron chi connectivity index (χ4n) is 1.84. The van der Waals surface area contributed by atoms with E-state index in [0.717, 1.165) is 10.5 Å². The number of thioether (sulfide) groups is 1. The van der Waals surface area contributed by atoms with E-state index in [2.05, 4.69) is 10.3 Å². The van der Waals surface area contributed by atoms with E-state index in [1.54, 1.807) is 30.2 Å². The summed E-state index contributed by atoms with van der Waals surface area (Å²) in [6.45, 7) is 2.58. The lowest BCUT2D eigenvalue weighted by Gasteiger charge is -2.10. The summed E-state index contributed by atoms with van der Waals surface area (Å²) in [5.41, 5.74) is 1.67. The second kappa shape index (κ2) is 6.91. The molecule has 1 aromatic heterocycles. The van der Waals surface area contributed by atoms with Gasteiger partial charge in [0.25, 0.3) is 5.69 Å². The lowest BCUT2D eigenvalue weighted by atomic mass is 10.1. The molecule has 0 bridgehead atoms. The number of benzene rings is 1. The van der Waals surface area contributed by atoms with E-state index < -0.39 is 0 Å². The molecule has 0 aliphatic rings. The molecule has 0 amide bonds. The molecule has 0 aliphatic carbocycles. The van der Waals surface area contributed by atoms with E-state index in [4.69, 9.17) is 0 Å². The third-order valence-electron chi connectivity index (χ3n) is 2.72. The first kappa shape index (κ1) is 14.3. The first-order valence-electron chi connectivity index (χ1n) is 6.25. The lowest BCUT2D eigenvalue weighted by Crippen LogP contribution is -2.04. The van der Waals surface area contributed by atoms with Crippen molar-refractivity contribution in [3.05, 3.63) is 58.4 Å². The molecule has 0 aliphatic heterocycles. The highest BCUT2D eigenvalue weighted by atomic mass is 32.2. The monoisotopic (exact) mass is 289 g/mol. The molecule has 1 heterocycles. The van der Waals surface area contributed by atoms with Gasteiger partial charge in [-0.15, -0.1) is 11.8 Å². The van der Waals surface area contributed by atoms with Crippen LogP contribution >= 0.6 is 11.8 Å². The predicted octanol–water partition coefficient (Wildman–Crippen LogP) is 3.71. The number of nitrogens with zero attached hydrogens (tertiary/aromatic N) is 2. The van der Waals surface area contributed by atoms with Gasteiger partial charge in [0.05, 0.1) is 4.92 Å². The number of hydrogen-bond donors (Lipinski definition) is 1. The maximum Gasteiger partial charge on any atom is 0.292 e. The quantitative estimate of drug-likeness (QED) is 0.499. The number of pyridine rings is 1. The molecule has 20 heavy (non-hydrogen) atoms. The van der Waals surface area contributed by atoms with Gasteiger partial charge in [0.1, 0.15) is 5.69 Å². The minimum Gasteiger partial charge on any atom is -0.380 e. The summed E-state index contributed by atoms with van der Waals surface area (Å²) in [6, 6.07) is 9.02. The summed E-state index contributed by atoms with van der Waals surface area (Å²) < 4.78 is 0. The highest BCUT2D eigenvalue weighted by Crippen LogP contribution is 2.32. The molecule has 0 unspecified atom stereocenters. The molecule has 0 spiro atoms. The van der Waals surface area contributed by atoms with Crippen LogP contribution in [-0.2, 0) is 5.75 Å². The van der Waals surface area contributed by atoms with E-state index in [1.165, 1.54) is 6.07 Å². The zero-order valence-electron chi connectivity index (χ0n) is 11.1. The third-order valence-corrected chi connectivity index (χ3v) is 3.78. The molecule has 6 heteroatoms. The Labute approximate surface area is 121 Å². The van der Waals surface area contributed by atoms with Crippen LogP contribution in [0, 0.1) is 10.1 Å². The average molecular weight is 289 g/mol. The van der Waals surface area contributed by atoms with Gasteiger partial charge in [-0.05, 0) is 24.6 Å². The van der Waals surface area contributed by atoms with Crippen LogP contribution < -0.4 is 5.32 Å². The van der Waals surface area contributed by atoms with Crippen molar-refractivity contribution in [2.45, 2.75) is 17.6 Å². The van der Waals surface area contributed by atoms with E-state index in [-0.39, 0.29) is 10.6 Å². The molecule has 1 aromatic carbocycles. The summed E-state index contributed by atoms with van der Waals surface area (Å²) in [7, 11) is 0. The number of nitro benzene ring substituents is 1. The van der Waals surface area contributed by atoms with Crippen molar-refractivity contribution < 1.29 is 4.92 Å². The van der Waals surface area contributed by atoms with E-state index in [1.807, 2.05) is 25.1 Å². The first-order valence-corrected chi connectivity index (χ1v) is 7.24. The Morgan fingerprint density at radius 3 is 2.70 bits per heavy atom. The Kier molecular flexibility index (Phi) is 4.95. The topological polar surface area (TPSA) is 68.1 Å². The van der Waals surface area contributed by atoms with Crippen LogP contribution in [0.4, 0.5) is 11.4 Å². The smallest absolute Gasteiger partial charge is 0.292 e. The zero-order chi connectivity index (χ0) is 14.4. The normalized spacial score (nSPS) is 10.2. The molecule has 0 radical (unpaired) electrons. The maximum absolute atomic E-state index is 11.1. The van der Waals surface area contributed by atoms with Gasteiger partial charge >= 0.3 is 0 Å². The highest BCUT2D eigenvalue weighted by Gasteiger charge is 2.16. The van der Waals surface area contributed by atoms with E-state index in [9.17, 15) is 10.1 Å². The number of nitro groups is 1. The molecule has 1 N–H and O–H groups in total. The van der Waals surface area contributed by atoms with Crippen molar-refractivity contribution in [2.24, 2.45) is 0 Å². The van der Waals surface area contributed by atoms with Crippen molar-refractivity contribution in [2.75, 3.05) is 11.9 Å². The fourth-order valence-corrected chi connectivity index (χ4v) is 2.71. The fraction of sp³-hybridized carbons (Fsp3) is 0.214. The van der Waals surface area contributed by atoms with Crippen LogP contribution in [-0.4, -0.2) is 16.5 Å². The number of aromatic nitrogens is 1. The summed E-state index contributed by atoms with van der Waals surface area (Å²) in [5.74, 6) is 0.675. The molecule has 104 valence electrons. The molecular weight excluding hydrogens is 274 g/mol. The van der Waals surface area contributed by atoms with Crippen molar-refractivity contribution in [3.63, 3.8) is 0 Å². The zero-order valence-corrected chi connectivity index (χ0v) is 11.9. The molecule has 2 rings (SSSR count). The molecule has 0 atom stereocenters. The van der Waals surface area contributed by atoms with Gasteiger partial charge in [0.15, 0.2) is 0 Å². The first-order chi connectivity index (χ1) is 9.72. The third kappa shape index (κ3) is 3.48. The predicted molar refractivity (Wildman–Crippen MR) is 81.1 cm³/mol. The molecule has 0 saturated heterocycles. The number of para-hydroxylation sites is 1. The van der Waals surface area contributed by atoms with Crippen LogP contribution in [0.5, 0.6) is 0 Å². The summed E-state index contributed by atoms with van der Waals surface area (Å²) in [5, 5.41) is 14.2. The second-order valence-corrected chi connectivity index (χ2v) is 5.12. The van der Waals surface area contributed by atoms with Gasteiger partial charge in [-0.25, -0.2) is 0 Å². The minimum atomic E-state index is -0.349. The Morgan fingerprint density at radius 1 is 1.30 bits per heavy atom. The van der Waals surface area contributed by atoms with Crippen LogP contribution in [0.25, 0.3) is 0 Å². The number of rotatable bonds is 6. The van der Waals surface area contributed by atoms with Crippen molar-refractivity contribution >= 4 is 23.1 Å². The van der Waals surface area contributed by atoms with Crippen molar-refractivity contribution in [1.29, 1.82) is 0 Å². The van der Waals surface area contributed by atoms with Crippen LogP contribution in [0.3, 0.4) is 0 Å². The van der Waals surface area contributed by atoms with Gasteiger partial charge in [-0.3, -0.25) is 15.1 Å². The highest BCUT2D eigenvalue weighted by molar-refractivity contribution is 7.98. The van der Waals surface area contributed by atoms with Crippen molar-refractivity contribution in [3.8, 4) is 0 Å². The summed E-state index contributed by atoms with van der Waals surface area (Å²) in [4.78, 5) is 15.8. The van der Waals surface area contributed by atoms with Gasteiger partial charge in [-0.1, -0.05) is 12.1 Å². The van der Waals surface area contributed by atoms with Crippen LogP contribution in [0.2, 0.25) is 0 Å². The van der Waals surface area contributed by atoms with Gasteiger partial charge < -0.3 is 5.32 Å². The Hall–Kier alpha value is -2.08. The number of hydrogen-bond acceptors (Lipinski definition) is 5. The standard InChI is InChI=1S/C14H15N3O2S/c1-2-16-14-11(4-3-5-13(14)17(18)19)10-20-12-6-8-15-9-7-12/h3-9,16H,2,10H2,1H3. The van der Waals surface area contributed by atoms with E-state index in [0.29, 0.717) is 18.0 Å². The average Bonchev–Trinajstić information content (AvgIpc) is 2.47. The molecule has 2 aromatic rings. The Bertz CT molecular complexity index is 590. The Balaban J connectivity index is 2.22. The minimum absolute atomic E-state index is 0.125. The molecule has 0 saturated carbocycles. The summed E-state index contributed by atoms with van der Waals surface area (Å²) in [6.07, 6.45) is 3.47. The SMILES string of the molecule is CCNc1c(CSc2ccncc2)cccc1[N+](=O)[O-]. The van der Waals surface area contributed by atoms with Crippen molar-refractivity contribution in [1.82, 2.24) is 4.98 Å². The molecular formula is C14H15N3O2S. The van der Waals surface area contributed by atoms with Crippen LogP contribution in [0.15, 0.2) is 47.6 Å². The van der Waals surface area contributed by atoms with Gasteiger partial charge in [0, 0.05) is 35.7 Å². The number of nitrogens with one attached hydrogen (secondary N) is 1. The van der Waals surface area contributed by atoms with Gasteiger partial charge in [-0.2, -0.15) is 0 Å². The Morgan fingerprint density at radius 2 is 2.05 bits per heavy atom. The van der Waals surface area contributed by atoms with Crippen LogP contribution in [0.1, 0.15) is 12.5 Å². The van der Waals surface area contributed by atoms with Gasteiger partial charge in [0.2, 0.25) is 0 Å². The number of anilines is 1. The molecule has 0 fully saturated rings. The molecule has 5 nitrogen and oxygen atoms in total. The van der Waals surface area contributed by atoms with E-state index >= 15 is 0 Å². The summed E-state index contributed by atoms with van der Waals surface area (Å²) >= 11 is 1.63. The maximum atomic E-state index is 11.1. The second-order valence-electron chi connectivity index (χ2n) is 4.07.